The third-order valence-electron chi connectivity index (χ3n) is 5.25. The summed E-state index contributed by atoms with van der Waals surface area (Å²) < 4.78 is 5.03. The zero-order valence-electron chi connectivity index (χ0n) is 16.7. The van der Waals surface area contributed by atoms with Gasteiger partial charge in [-0.2, -0.15) is 0 Å². The SMILES string of the molecule is CCOC(=O)C1CCN(c2ccc(NC(=O)c3cc4ccccc4[nH]3)cc2)C(=O)C1. The molecule has 2 amide bonds. The van der Waals surface area contributed by atoms with E-state index in [0.717, 1.165) is 16.6 Å². The van der Waals surface area contributed by atoms with Crippen LogP contribution in [0.5, 0.6) is 0 Å². The summed E-state index contributed by atoms with van der Waals surface area (Å²) in [5.41, 5.74) is 2.77. The first kappa shape index (κ1) is 19.7. The van der Waals surface area contributed by atoms with Gasteiger partial charge in [0.25, 0.3) is 5.91 Å². The Bertz CT molecular complexity index is 1050. The Morgan fingerprint density at radius 3 is 2.63 bits per heavy atom. The third-order valence-corrected chi connectivity index (χ3v) is 5.25. The van der Waals surface area contributed by atoms with Crippen LogP contribution in [0.15, 0.2) is 54.6 Å². The summed E-state index contributed by atoms with van der Waals surface area (Å²) in [7, 11) is 0. The number of aromatic nitrogens is 1. The number of nitrogens with zero attached hydrogens (tertiary/aromatic N) is 1. The molecule has 2 aromatic carbocycles. The quantitative estimate of drug-likeness (QED) is 0.633. The van der Waals surface area contributed by atoms with E-state index in [1.165, 1.54) is 0 Å². The largest absolute Gasteiger partial charge is 0.466 e. The lowest BCUT2D eigenvalue weighted by atomic mass is 9.96. The molecule has 0 saturated carbocycles. The van der Waals surface area contributed by atoms with Crippen molar-refractivity contribution < 1.29 is 19.1 Å². The maximum Gasteiger partial charge on any atom is 0.309 e. The molecule has 1 aliphatic heterocycles. The van der Waals surface area contributed by atoms with Gasteiger partial charge in [-0.15, -0.1) is 0 Å². The van der Waals surface area contributed by atoms with Crippen LogP contribution in [0.25, 0.3) is 10.9 Å². The summed E-state index contributed by atoms with van der Waals surface area (Å²) in [6, 6.07) is 16.6. The number of benzene rings is 2. The van der Waals surface area contributed by atoms with E-state index in [4.69, 9.17) is 4.74 Å². The number of H-pyrrole nitrogens is 1. The van der Waals surface area contributed by atoms with Crippen LogP contribution in [-0.4, -0.2) is 35.9 Å². The van der Waals surface area contributed by atoms with Crippen molar-refractivity contribution in [3.05, 3.63) is 60.3 Å². The number of aromatic amines is 1. The highest BCUT2D eigenvalue weighted by Crippen LogP contribution is 2.26. The first-order valence-electron chi connectivity index (χ1n) is 10.0. The van der Waals surface area contributed by atoms with Crippen LogP contribution in [0.1, 0.15) is 30.3 Å². The molecule has 3 aromatic rings. The minimum atomic E-state index is -0.372. The van der Waals surface area contributed by atoms with E-state index in [9.17, 15) is 14.4 Å². The van der Waals surface area contributed by atoms with Crippen LogP contribution in [0.3, 0.4) is 0 Å². The monoisotopic (exact) mass is 405 g/mol. The molecule has 1 fully saturated rings. The number of amides is 2. The van der Waals surface area contributed by atoms with Crippen LogP contribution >= 0.6 is 0 Å². The molecule has 1 aliphatic rings. The Morgan fingerprint density at radius 1 is 1.17 bits per heavy atom. The molecule has 30 heavy (non-hydrogen) atoms. The molecule has 1 unspecified atom stereocenters. The molecule has 7 heteroatoms. The molecule has 4 rings (SSSR count). The predicted molar refractivity (Wildman–Crippen MR) is 114 cm³/mol. The zero-order chi connectivity index (χ0) is 21.1. The van der Waals surface area contributed by atoms with E-state index < -0.39 is 0 Å². The molecule has 1 saturated heterocycles. The number of fused-ring (bicyclic) bond motifs is 1. The summed E-state index contributed by atoms with van der Waals surface area (Å²) in [4.78, 5) is 41.7. The van der Waals surface area contributed by atoms with E-state index >= 15 is 0 Å². The normalized spacial score (nSPS) is 16.5. The lowest BCUT2D eigenvalue weighted by Crippen LogP contribution is -2.41. The minimum absolute atomic E-state index is 0.103. The predicted octanol–water partition coefficient (Wildman–Crippen LogP) is 3.73. The van der Waals surface area contributed by atoms with Gasteiger partial charge in [0.2, 0.25) is 5.91 Å². The van der Waals surface area contributed by atoms with E-state index in [1.807, 2.05) is 30.3 Å². The average Bonchev–Trinajstić information content (AvgIpc) is 3.19. The summed E-state index contributed by atoms with van der Waals surface area (Å²) in [5, 5.41) is 3.84. The fraction of sp³-hybridized carbons (Fsp3) is 0.261. The van der Waals surface area contributed by atoms with E-state index in [-0.39, 0.29) is 30.1 Å². The van der Waals surface area contributed by atoms with Crippen molar-refractivity contribution in [3.63, 3.8) is 0 Å². The topological polar surface area (TPSA) is 91.5 Å². The number of anilines is 2. The van der Waals surface area contributed by atoms with Crippen LogP contribution < -0.4 is 10.2 Å². The molecule has 1 aromatic heterocycles. The van der Waals surface area contributed by atoms with E-state index in [2.05, 4.69) is 10.3 Å². The van der Waals surface area contributed by atoms with Gasteiger partial charge in [-0.25, -0.2) is 0 Å². The van der Waals surface area contributed by atoms with Crippen molar-refractivity contribution >= 4 is 40.1 Å². The van der Waals surface area contributed by atoms with Crippen molar-refractivity contribution in [2.45, 2.75) is 19.8 Å². The molecule has 0 radical (unpaired) electrons. The highest BCUT2D eigenvalue weighted by atomic mass is 16.5. The molecular formula is C23H23N3O4. The number of piperidine rings is 1. The number of carbonyl (C=O) groups excluding carboxylic acids is 3. The average molecular weight is 405 g/mol. The number of rotatable bonds is 5. The van der Waals surface area contributed by atoms with Crippen molar-refractivity contribution in [2.24, 2.45) is 5.92 Å². The lowest BCUT2D eigenvalue weighted by molar-refractivity contribution is -0.150. The van der Waals surface area contributed by atoms with Crippen molar-refractivity contribution in [1.29, 1.82) is 0 Å². The molecule has 0 aliphatic carbocycles. The molecule has 0 bridgehead atoms. The van der Waals surface area contributed by atoms with Crippen LogP contribution in [0.4, 0.5) is 11.4 Å². The molecule has 2 N–H and O–H groups in total. The van der Waals surface area contributed by atoms with Crippen molar-refractivity contribution in [1.82, 2.24) is 4.98 Å². The van der Waals surface area contributed by atoms with Crippen LogP contribution in [0, 0.1) is 5.92 Å². The lowest BCUT2D eigenvalue weighted by Gasteiger charge is -2.30. The van der Waals surface area contributed by atoms with Gasteiger partial charge < -0.3 is 19.9 Å². The number of hydrogen-bond acceptors (Lipinski definition) is 4. The molecule has 0 spiro atoms. The van der Waals surface area contributed by atoms with Gasteiger partial charge in [0, 0.05) is 35.2 Å². The Morgan fingerprint density at radius 2 is 1.93 bits per heavy atom. The number of nitrogens with one attached hydrogen (secondary N) is 2. The molecule has 1 atom stereocenters. The highest BCUT2D eigenvalue weighted by molar-refractivity contribution is 6.06. The molecule has 154 valence electrons. The minimum Gasteiger partial charge on any atom is -0.466 e. The molecule has 7 nitrogen and oxygen atoms in total. The molecule has 2 heterocycles. The molecular weight excluding hydrogens is 382 g/mol. The van der Waals surface area contributed by atoms with E-state index in [1.54, 1.807) is 36.1 Å². The number of esters is 1. The first-order valence-corrected chi connectivity index (χ1v) is 10.0. The summed E-state index contributed by atoms with van der Waals surface area (Å²) >= 11 is 0. The summed E-state index contributed by atoms with van der Waals surface area (Å²) in [5.74, 6) is -1.01. The maximum atomic E-state index is 12.5. The number of hydrogen-bond donors (Lipinski definition) is 2. The van der Waals surface area contributed by atoms with Crippen LogP contribution in [-0.2, 0) is 14.3 Å². The Balaban J connectivity index is 1.40. The summed E-state index contributed by atoms with van der Waals surface area (Å²) in [6.45, 7) is 2.54. The number of para-hydroxylation sites is 1. The fourth-order valence-electron chi connectivity index (χ4n) is 3.69. The second-order valence-corrected chi connectivity index (χ2v) is 7.26. The van der Waals surface area contributed by atoms with Crippen molar-refractivity contribution in [2.75, 3.05) is 23.4 Å². The summed E-state index contributed by atoms with van der Waals surface area (Å²) in [6.07, 6.45) is 0.723. The van der Waals surface area contributed by atoms with Gasteiger partial charge in [-0.1, -0.05) is 18.2 Å². The standard InChI is InChI=1S/C23H23N3O4/c1-2-30-23(29)16-11-12-26(21(27)14-16)18-9-7-17(8-10-18)24-22(28)20-13-15-5-3-4-6-19(15)25-20/h3-10,13,16,25H,2,11-12,14H2,1H3,(H,24,28). The van der Waals surface area contributed by atoms with Gasteiger partial charge in [0.05, 0.1) is 12.5 Å². The van der Waals surface area contributed by atoms with Crippen LogP contribution in [0.2, 0.25) is 0 Å². The van der Waals surface area contributed by atoms with Gasteiger partial charge >= 0.3 is 5.97 Å². The Labute approximate surface area is 174 Å². The van der Waals surface area contributed by atoms with Gasteiger partial charge in [0.1, 0.15) is 5.69 Å². The third kappa shape index (κ3) is 4.05. The van der Waals surface area contributed by atoms with Gasteiger partial charge in [0.15, 0.2) is 0 Å². The highest BCUT2D eigenvalue weighted by Gasteiger charge is 2.32. The number of carbonyl (C=O) groups is 3. The smallest absolute Gasteiger partial charge is 0.309 e. The Kier molecular flexibility index (Phi) is 5.52. The number of ether oxygens (including phenoxy) is 1. The zero-order valence-corrected chi connectivity index (χ0v) is 16.7. The van der Waals surface area contributed by atoms with Crippen molar-refractivity contribution in [3.8, 4) is 0 Å². The van der Waals surface area contributed by atoms with E-state index in [0.29, 0.717) is 31.0 Å². The first-order chi connectivity index (χ1) is 14.5. The Hall–Kier alpha value is -3.61. The second kappa shape index (κ2) is 8.41. The van der Waals surface area contributed by atoms with Gasteiger partial charge in [-0.3, -0.25) is 14.4 Å². The maximum absolute atomic E-state index is 12.5. The van der Waals surface area contributed by atoms with Gasteiger partial charge in [-0.05, 0) is 49.7 Å². The fourth-order valence-corrected chi connectivity index (χ4v) is 3.69. The second-order valence-electron chi connectivity index (χ2n) is 7.26.